The van der Waals surface area contributed by atoms with Crippen molar-refractivity contribution in [3.05, 3.63) is 58.2 Å². The molecular formula is C28H32O6. The number of ether oxygens (including phenoxy) is 5. The summed E-state index contributed by atoms with van der Waals surface area (Å²) in [4.78, 5) is 13.5. The molecule has 0 saturated carbocycles. The molecule has 0 saturated heterocycles. The van der Waals surface area contributed by atoms with Crippen molar-refractivity contribution in [1.29, 1.82) is 0 Å². The molecule has 0 aliphatic carbocycles. The summed E-state index contributed by atoms with van der Waals surface area (Å²) in [5.74, 6) is 2.89. The SMILES string of the molecule is COc1ccc([C@@H]2CC(=O)c3c(OC)c4c(c(CC=C(C)C)c3O2)OC(C)(C)C=C4)cc1OC. The number of fused-ring (bicyclic) bond motifs is 2. The van der Waals surface area contributed by atoms with Crippen LogP contribution in [0.2, 0.25) is 0 Å². The standard InChI is InChI=1S/C28H32O6/c1-16(2)8-10-18-25-19(12-13-28(3,4)34-25)26(32-7)24-20(29)15-22(33-27(18)24)17-9-11-21(30-5)23(14-17)31-6/h8-9,11-14,22H,10,15H2,1-7H3/t22-/m0/s1. The van der Waals surface area contributed by atoms with E-state index in [4.69, 9.17) is 23.7 Å². The molecule has 34 heavy (non-hydrogen) atoms. The summed E-state index contributed by atoms with van der Waals surface area (Å²) in [6.45, 7) is 8.10. The molecule has 0 unspecified atom stereocenters. The molecule has 6 heteroatoms. The number of allylic oxidation sites excluding steroid dienone is 2. The van der Waals surface area contributed by atoms with E-state index in [0.717, 1.165) is 16.7 Å². The maximum atomic E-state index is 13.5. The number of rotatable bonds is 6. The van der Waals surface area contributed by atoms with E-state index < -0.39 is 11.7 Å². The second kappa shape index (κ2) is 9.09. The van der Waals surface area contributed by atoms with E-state index in [1.165, 1.54) is 5.57 Å². The molecule has 0 N–H and O–H groups in total. The van der Waals surface area contributed by atoms with Crippen molar-refractivity contribution in [2.45, 2.75) is 52.2 Å². The van der Waals surface area contributed by atoms with Crippen LogP contribution in [0.1, 0.15) is 67.3 Å². The highest BCUT2D eigenvalue weighted by Crippen LogP contribution is 2.52. The third kappa shape index (κ3) is 4.25. The first-order valence-electron chi connectivity index (χ1n) is 11.4. The van der Waals surface area contributed by atoms with Crippen molar-refractivity contribution in [1.82, 2.24) is 0 Å². The van der Waals surface area contributed by atoms with Crippen LogP contribution in [0, 0.1) is 0 Å². The Hall–Kier alpha value is -3.41. The Morgan fingerprint density at radius 2 is 1.82 bits per heavy atom. The Kier molecular flexibility index (Phi) is 6.34. The van der Waals surface area contributed by atoms with Gasteiger partial charge in [0.05, 0.1) is 33.3 Å². The van der Waals surface area contributed by atoms with Gasteiger partial charge in [-0.3, -0.25) is 4.79 Å². The lowest BCUT2D eigenvalue weighted by Crippen LogP contribution is -2.30. The smallest absolute Gasteiger partial charge is 0.174 e. The molecule has 0 bridgehead atoms. The van der Waals surface area contributed by atoms with Gasteiger partial charge in [0.2, 0.25) is 0 Å². The van der Waals surface area contributed by atoms with Crippen LogP contribution in [0.25, 0.3) is 6.08 Å². The highest BCUT2D eigenvalue weighted by atomic mass is 16.5. The fourth-order valence-electron chi connectivity index (χ4n) is 4.39. The normalized spacial score (nSPS) is 17.6. The summed E-state index contributed by atoms with van der Waals surface area (Å²) in [5, 5.41) is 0. The van der Waals surface area contributed by atoms with Gasteiger partial charge in [0.25, 0.3) is 0 Å². The van der Waals surface area contributed by atoms with Gasteiger partial charge in [0, 0.05) is 5.56 Å². The van der Waals surface area contributed by atoms with Crippen molar-refractivity contribution in [3.63, 3.8) is 0 Å². The third-order valence-corrected chi connectivity index (χ3v) is 6.12. The molecule has 2 aliphatic rings. The maximum Gasteiger partial charge on any atom is 0.174 e. The molecule has 0 spiro atoms. The van der Waals surface area contributed by atoms with Gasteiger partial charge < -0.3 is 23.7 Å². The lowest BCUT2D eigenvalue weighted by Gasteiger charge is -2.35. The van der Waals surface area contributed by atoms with Crippen molar-refractivity contribution in [2.24, 2.45) is 0 Å². The first kappa shape index (κ1) is 23.7. The first-order chi connectivity index (χ1) is 16.2. The molecule has 2 heterocycles. The molecule has 2 aromatic carbocycles. The van der Waals surface area contributed by atoms with Gasteiger partial charge in [-0.2, -0.15) is 0 Å². The third-order valence-electron chi connectivity index (χ3n) is 6.12. The molecule has 1 atom stereocenters. The number of ketones is 1. The van der Waals surface area contributed by atoms with Gasteiger partial charge in [0.1, 0.15) is 34.5 Å². The Balaban J connectivity index is 1.90. The zero-order valence-corrected chi connectivity index (χ0v) is 20.9. The Bertz CT molecular complexity index is 1180. The van der Waals surface area contributed by atoms with Crippen molar-refractivity contribution in [3.8, 4) is 28.7 Å². The minimum absolute atomic E-state index is 0.0302. The van der Waals surface area contributed by atoms with Gasteiger partial charge >= 0.3 is 0 Å². The van der Waals surface area contributed by atoms with Crippen molar-refractivity contribution < 1.29 is 28.5 Å². The summed E-state index contributed by atoms with van der Waals surface area (Å²) in [5.41, 5.74) is 3.61. The molecule has 2 aromatic rings. The molecule has 0 fully saturated rings. The maximum absolute atomic E-state index is 13.5. The summed E-state index contributed by atoms with van der Waals surface area (Å²) >= 11 is 0. The molecule has 6 nitrogen and oxygen atoms in total. The Morgan fingerprint density at radius 3 is 2.47 bits per heavy atom. The predicted octanol–water partition coefficient (Wildman–Crippen LogP) is 6.11. The van der Waals surface area contributed by atoms with Crippen LogP contribution in [0.4, 0.5) is 0 Å². The average molecular weight is 465 g/mol. The number of carbonyl (C=O) groups is 1. The summed E-state index contributed by atoms with van der Waals surface area (Å²) < 4.78 is 29.6. The molecule has 4 rings (SSSR count). The summed E-state index contributed by atoms with van der Waals surface area (Å²) in [6, 6.07) is 5.58. The molecular weight excluding hydrogens is 432 g/mol. The van der Waals surface area contributed by atoms with E-state index in [-0.39, 0.29) is 12.2 Å². The van der Waals surface area contributed by atoms with Crippen LogP contribution < -0.4 is 23.7 Å². The Morgan fingerprint density at radius 1 is 1.09 bits per heavy atom. The summed E-state index contributed by atoms with van der Waals surface area (Å²) in [6.07, 6.45) is 6.38. The first-order valence-corrected chi connectivity index (χ1v) is 11.4. The van der Waals surface area contributed by atoms with Gasteiger partial charge in [-0.15, -0.1) is 0 Å². The monoisotopic (exact) mass is 464 g/mol. The van der Waals surface area contributed by atoms with Crippen LogP contribution in [-0.2, 0) is 6.42 Å². The van der Waals surface area contributed by atoms with E-state index in [1.54, 1.807) is 21.3 Å². The second-order valence-electron chi connectivity index (χ2n) is 9.33. The fraction of sp³-hybridized carbons (Fsp3) is 0.393. The van der Waals surface area contributed by atoms with Gasteiger partial charge in [-0.1, -0.05) is 17.7 Å². The molecule has 2 aliphatic heterocycles. The molecule has 180 valence electrons. The van der Waals surface area contributed by atoms with E-state index in [1.807, 2.05) is 58.0 Å². The minimum atomic E-state index is -0.493. The van der Waals surface area contributed by atoms with E-state index in [2.05, 4.69) is 6.08 Å². The molecule has 0 aromatic heterocycles. The van der Waals surface area contributed by atoms with Gasteiger partial charge in [0.15, 0.2) is 17.3 Å². The number of hydrogen-bond donors (Lipinski definition) is 0. The topological polar surface area (TPSA) is 63.2 Å². The van der Waals surface area contributed by atoms with Crippen LogP contribution in [0.5, 0.6) is 28.7 Å². The predicted molar refractivity (Wildman–Crippen MR) is 132 cm³/mol. The van der Waals surface area contributed by atoms with Crippen LogP contribution in [0.15, 0.2) is 35.9 Å². The fourth-order valence-corrected chi connectivity index (χ4v) is 4.39. The van der Waals surface area contributed by atoms with Crippen molar-refractivity contribution >= 4 is 11.9 Å². The van der Waals surface area contributed by atoms with Gasteiger partial charge in [-0.05, 0) is 64.0 Å². The van der Waals surface area contributed by atoms with E-state index in [0.29, 0.717) is 40.7 Å². The van der Waals surface area contributed by atoms with Crippen LogP contribution >= 0.6 is 0 Å². The van der Waals surface area contributed by atoms with Crippen LogP contribution in [-0.4, -0.2) is 32.7 Å². The lowest BCUT2D eigenvalue weighted by molar-refractivity contribution is 0.0838. The van der Waals surface area contributed by atoms with Crippen molar-refractivity contribution in [2.75, 3.05) is 21.3 Å². The number of benzene rings is 2. The number of hydrogen-bond acceptors (Lipinski definition) is 6. The molecule has 0 amide bonds. The Labute approximate surface area is 201 Å². The summed E-state index contributed by atoms with van der Waals surface area (Å²) in [7, 11) is 4.76. The van der Waals surface area contributed by atoms with Gasteiger partial charge in [-0.25, -0.2) is 0 Å². The minimum Gasteiger partial charge on any atom is -0.495 e. The highest BCUT2D eigenvalue weighted by Gasteiger charge is 2.38. The van der Waals surface area contributed by atoms with E-state index in [9.17, 15) is 4.79 Å². The zero-order valence-electron chi connectivity index (χ0n) is 20.9. The number of Topliss-reactive ketones (excluding diaryl/α,β-unsaturated/α-hetero) is 1. The molecule has 0 radical (unpaired) electrons. The van der Waals surface area contributed by atoms with Crippen LogP contribution in [0.3, 0.4) is 0 Å². The lowest BCUT2D eigenvalue weighted by atomic mass is 9.88. The highest BCUT2D eigenvalue weighted by molar-refractivity contribution is 6.05. The quantitative estimate of drug-likeness (QED) is 0.481. The average Bonchev–Trinajstić information content (AvgIpc) is 2.80. The number of carbonyl (C=O) groups excluding carboxylic acids is 1. The van der Waals surface area contributed by atoms with E-state index >= 15 is 0 Å². The zero-order chi connectivity index (χ0) is 24.6. The number of methoxy groups -OCH3 is 3. The largest absolute Gasteiger partial charge is 0.495 e. The second-order valence-corrected chi connectivity index (χ2v) is 9.33.